The third-order valence-corrected chi connectivity index (χ3v) is 3.40. The first-order chi connectivity index (χ1) is 10.9. The third-order valence-electron chi connectivity index (χ3n) is 3.40. The van der Waals surface area contributed by atoms with Gasteiger partial charge in [0.25, 0.3) is 5.91 Å². The summed E-state index contributed by atoms with van der Waals surface area (Å²) in [6.07, 6.45) is 2.87. The minimum Gasteiger partial charge on any atom is -0.382 e. The number of anilines is 2. The van der Waals surface area contributed by atoms with E-state index in [1.807, 2.05) is 49.6 Å². The second-order valence-electron chi connectivity index (χ2n) is 6.17. The van der Waals surface area contributed by atoms with Crippen molar-refractivity contribution in [2.75, 3.05) is 11.1 Å². The van der Waals surface area contributed by atoms with Gasteiger partial charge in [0.1, 0.15) is 0 Å². The fraction of sp³-hybridized carbons (Fsp3) is 0.250. The van der Waals surface area contributed by atoms with E-state index in [-0.39, 0.29) is 17.1 Å². The lowest BCUT2D eigenvalue weighted by Gasteiger charge is -2.24. The number of imidazole rings is 1. The molecule has 0 aliphatic rings. The minimum atomic E-state index is -0.434. The van der Waals surface area contributed by atoms with Gasteiger partial charge in [0.2, 0.25) is 5.95 Å². The number of para-hydroxylation sites is 2. The molecule has 7 heteroatoms. The Morgan fingerprint density at radius 1 is 1.17 bits per heavy atom. The molecule has 0 aliphatic carbocycles. The highest BCUT2D eigenvalue weighted by Crippen LogP contribution is 2.28. The molecule has 0 bridgehead atoms. The van der Waals surface area contributed by atoms with Crippen molar-refractivity contribution in [2.45, 2.75) is 26.3 Å². The van der Waals surface area contributed by atoms with Crippen LogP contribution in [0.5, 0.6) is 0 Å². The van der Waals surface area contributed by atoms with Crippen LogP contribution in [0.25, 0.3) is 11.0 Å². The molecule has 0 unspecified atom stereocenters. The highest BCUT2D eigenvalue weighted by molar-refractivity contribution is 6.05. The monoisotopic (exact) mass is 310 g/mol. The number of nitrogens with one attached hydrogen (secondary N) is 1. The topological polar surface area (TPSA) is 98.7 Å². The van der Waals surface area contributed by atoms with E-state index >= 15 is 0 Å². The summed E-state index contributed by atoms with van der Waals surface area (Å²) in [5.74, 6) is 0.105. The average Bonchev–Trinajstić information content (AvgIpc) is 2.85. The number of nitrogens with zero attached hydrogens (tertiary/aromatic N) is 4. The van der Waals surface area contributed by atoms with Crippen molar-refractivity contribution in [1.82, 2.24) is 19.5 Å². The van der Waals surface area contributed by atoms with Gasteiger partial charge in [-0.1, -0.05) is 12.1 Å². The predicted octanol–water partition coefficient (Wildman–Crippen LogP) is 2.42. The summed E-state index contributed by atoms with van der Waals surface area (Å²) in [6.45, 7) is 6.15. The first kappa shape index (κ1) is 15.0. The van der Waals surface area contributed by atoms with Crippen molar-refractivity contribution in [3.8, 4) is 0 Å². The lowest BCUT2D eigenvalue weighted by molar-refractivity contribution is 0.102. The summed E-state index contributed by atoms with van der Waals surface area (Å²) in [7, 11) is 0. The first-order valence-corrected chi connectivity index (χ1v) is 7.24. The zero-order valence-electron chi connectivity index (χ0n) is 13.2. The maximum absolute atomic E-state index is 12.4. The molecule has 7 nitrogen and oxygen atoms in total. The van der Waals surface area contributed by atoms with Gasteiger partial charge < -0.3 is 10.3 Å². The van der Waals surface area contributed by atoms with Crippen LogP contribution in [0, 0.1) is 0 Å². The Labute approximate surface area is 133 Å². The van der Waals surface area contributed by atoms with E-state index in [0.717, 1.165) is 11.0 Å². The quantitative estimate of drug-likeness (QED) is 0.757. The number of carbonyl (C=O) groups is 1. The van der Waals surface area contributed by atoms with Gasteiger partial charge in [-0.3, -0.25) is 10.1 Å². The molecule has 1 aromatic carbocycles. The van der Waals surface area contributed by atoms with Gasteiger partial charge in [-0.15, -0.1) is 0 Å². The molecule has 118 valence electrons. The van der Waals surface area contributed by atoms with Crippen molar-refractivity contribution in [3.63, 3.8) is 0 Å². The maximum Gasteiger partial charge on any atom is 0.280 e. The fourth-order valence-electron chi connectivity index (χ4n) is 2.47. The first-order valence-electron chi connectivity index (χ1n) is 7.24. The molecule has 0 spiro atoms. The normalized spacial score (nSPS) is 11.6. The molecule has 0 aliphatic heterocycles. The van der Waals surface area contributed by atoms with E-state index in [1.54, 1.807) is 0 Å². The van der Waals surface area contributed by atoms with E-state index < -0.39 is 5.91 Å². The van der Waals surface area contributed by atoms with E-state index in [1.165, 1.54) is 12.4 Å². The van der Waals surface area contributed by atoms with Crippen LogP contribution in [0.2, 0.25) is 0 Å². The maximum atomic E-state index is 12.4. The van der Waals surface area contributed by atoms with Crippen LogP contribution in [0.3, 0.4) is 0 Å². The van der Waals surface area contributed by atoms with E-state index in [9.17, 15) is 4.79 Å². The van der Waals surface area contributed by atoms with Gasteiger partial charge in [-0.25, -0.2) is 15.0 Å². The van der Waals surface area contributed by atoms with Gasteiger partial charge in [0.15, 0.2) is 11.5 Å². The minimum absolute atomic E-state index is 0.0833. The molecular weight excluding hydrogens is 292 g/mol. The lowest BCUT2D eigenvalue weighted by Crippen LogP contribution is -2.26. The Kier molecular flexibility index (Phi) is 3.48. The summed E-state index contributed by atoms with van der Waals surface area (Å²) in [5.41, 5.74) is 7.30. The van der Waals surface area contributed by atoms with Gasteiger partial charge in [-0.2, -0.15) is 0 Å². The van der Waals surface area contributed by atoms with Crippen molar-refractivity contribution >= 4 is 28.7 Å². The van der Waals surface area contributed by atoms with E-state index in [2.05, 4.69) is 20.3 Å². The molecule has 3 rings (SSSR count). The van der Waals surface area contributed by atoms with E-state index in [0.29, 0.717) is 5.95 Å². The van der Waals surface area contributed by atoms with Crippen LogP contribution in [0.1, 0.15) is 31.3 Å². The van der Waals surface area contributed by atoms with Crippen molar-refractivity contribution in [3.05, 3.63) is 42.4 Å². The number of hydrogen-bond donors (Lipinski definition) is 2. The predicted molar refractivity (Wildman–Crippen MR) is 89.1 cm³/mol. The number of amides is 1. The van der Waals surface area contributed by atoms with Crippen LogP contribution >= 0.6 is 0 Å². The second-order valence-corrected chi connectivity index (χ2v) is 6.17. The fourth-order valence-corrected chi connectivity index (χ4v) is 2.47. The highest BCUT2D eigenvalue weighted by atomic mass is 16.2. The molecule has 2 heterocycles. The number of hydrogen-bond acceptors (Lipinski definition) is 5. The number of benzene rings is 1. The summed E-state index contributed by atoms with van der Waals surface area (Å²) in [6, 6.07) is 7.73. The molecule has 3 N–H and O–H groups in total. The molecule has 3 aromatic rings. The number of fused-ring (bicyclic) bond motifs is 1. The van der Waals surface area contributed by atoms with Crippen LogP contribution in [0.15, 0.2) is 36.7 Å². The summed E-state index contributed by atoms with van der Waals surface area (Å²) < 4.78 is 1.98. The molecule has 0 saturated carbocycles. The van der Waals surface area contributed by atoms with Crippen molar-refractivity contribution in [2.24, 2.45) is 0 Å². The Bertz CT molecular complexity index is 878. The molecule has 0 radical (unpaired) electrons. The van der Waals surface area contributed by atoms with Crippen LogP contribution < -0.4 is 11.1 Å². The molecular formula is C16H18N6O. The van der Waals surface area contributed by atoms with Crippen molar-refractivity contribution in [1.29, 1.82) is 0 Å². The number of nitrogen functional groups attached to an aromatic ring is 1. The third kappa shape index (κ3) is 2.73. The smallest absolute Gasteiger partial charge is 0.280 e. The molecule has 23 heavy (non-hydrogen) atoms. The Balaban J connectivity index is 2.07. The Morgan fingerprint density at radius 3 is 2.57 bits per heavy atom. The zero-order valence-corrected chi connectivity index (χ0v) is 13.2. The average molecular weight is 310 g/mol. The molecule has 0 atom stereocenters. The number of rotatable bonds is 2. The van der Waals surface area contributed by atoms with Crippen LogP contribution in [-0.4, -0.2) is 25.4 Å². The summed E-state index contributed by atoms with van der Waals surface area (Å²) in [5, 5.41) is 2.79. The SMILES string of the molecule is CC(C)(C)n1c(NC(=O)c2nccnc2N)nc2ccccc21. The van der Waals surface area contributed by atoms with Gasteiger partial charge >= 0.3 is 0 Å². The molecule has 0 fully saturated rings. The standard InChI is InChI=1S/C16H18N6O/c1-16(2,3)22-11-7-5-4-6-10(11)20-15(22)21-14(23)12-13(17)19-9-8-18-12/h4-9H,1-3H3,(H2,17,19)(H,20,21,23). The van der Waals surface area contributed by atoms with Crippen LogP contribution in [0.4, 0.5) is 11.8 Å². The van der Waals surface area contributed by atoms with Crippen LogP contribution in [-0.2, 0) is 5.54 Å². The lowest BCUT2D eigenvalue weighted by atomic mass is 10.1. The summed E-state index contributed by atoms with van der Waals surface area (Å²) in [4.78, 5) is 24.8. The Morgan fingerprint density at radius 2 is 1.87 bits per heavy atom. The zero-order chi connectivity index (χ0) is 16.6. The van der Waals surface area contributed by atoms with Gasteiger partial charge in [-0.05, 0) is 32.9 Å². The number of nitrogens with two attached hydrogens (primary N) is 1. The van der Waals surface area contributed by atoms with Crippen molar-refractivity contribution < 1.29 is 4.79 Å². The molecule has 0 saturated heterocycles. The molecule has 2 aromatic heterocycles. The number of aromatic nitrogens is 4. The molecule has 1 amide bonds. The second kappa shape index (κ2) is 5.35. The largest absolute Gasteiger partial charge is 0.382 e. The number of carbonyl (C=O) groups excluding carboxylic acids is 1. The summed E-state index contributed by atoms with van der Waals surface area (Å²) >= 11 is 0. The highest BCUT2D eigenvalue weighted by Gasteiger charge is 2.23. The Hall–Kier alpha value is -2.96. The van der Waals surface area contributed by atoms with Gasteiger partial charge in [0, 0.05) is 17.9 Å². The van der Waals surface area contributed by atoms with Gasteiger partial charge in [0.05, 0.1) is 11.0 Å². The van der Waals surface area contributed by atoms with E-state index in [4.69, 9.17) is 5.73 Å².